The van der Waals surface area contributed by atoms with Gasteiger partial charge in [0, 0.05) is 24.0 Å². The molecule has 0 heterocycles. The van der Waals surface area contributed by atoms with Crippen LogP contribution in [0.3, 0.4) is 0 Å². The third-order valence-corrected chi connectivity index (χ3v) is 9.71. The van der Waals surface area contributed by atoms with Crippen molar-refractivity contribution >= 4 is 22.7 Å². The zero-order valence-electron chi connectivity index (χ0n) is 16.0. The lowest BCUT2D eigenvalue weighted by Crippen LogP contribution is -2.54. The van der Waals surface area contributed by atoms with Crippen LogP contribution in [0.25, 0.3) is 0 Å². The van der Waals surface area contributed by atoms with E-state index in [4.69, 9.17) is 0 Å². The molecule has 25 heavy (non-hydrogen) atoms. The van der Waals surface area contributed by atoms with Gasteiger partial charge in [0.15, 0.2) is 5.12 Å². The highest BCUT2D eigenvalue weighted by atomic mass is 32.2. The Labute approximate surface area is 156 Å². The van der Waals surface area contributed by atoms with E-state index >= 15 is 0 Å². The summed E-state index contributed by atoms with van der Waals surface area (Å²) in [6.07, 6.45) is 8.85. The standard InChI is InChI=1S/C22H32O2S/c1-13-11-16-17-5-6-20(24)22(17,4)10-8-18(16)21(3)9-7-15(12-19(13)21)25-14(2)23/h15-19H,1,5-12H2,2-4H3/t15?,16-,17-,18+,19?,21+,22-/m0/s1. The predicted octanol–water partition coefficient (Wildman–Crippen LogP) is 5.41. The summed E-state index contributed by atoms with van der Waals surface area (Å²) in [6, 6.07) is 0. The highest BCUT2D eigenvalue weighted by Gasteiger charge is 2.60. The number of rotatable bonds is 1. The highest BCUT2D eigenvalue weighted by Crippen LogP contribution is 2.66. The van der Waals surface area contributed by atoms with Crippen molar-refractivity contribution in [3.05, 3.63) is 12.2 Å². The quantitative estimate of drug-likeness (QED) is 0.586. The van der Waals surface area contributed by atoms with Gasteiger partial charge in [-0.3, -0.25) is 9.59 Å². The summed E-state index contributed by atoms with van der Waals surface area (Å²) >= 11 is 1.55. The van der Waals surface area contributed by atoms with Crippen molar-refractivity contribution < 1.29 is 9.59 Å². The summed E-state index contributed by atoms with van der Waals surface area (Å²) in [7, 11) is 0. The smallest absolute Gasteiger partial charge is 0.186 e. The first-order valence-electron chi connectivity index (χ1n) is 10.1. The first-order valence-corrected chi connectivity index (χ1v) is 11.0. The van der Waals surface area contributed by atoms with Crippen LogP contribution in [0.1, 0.15) is 72.1 Å². The third kappa shape index (κ3) is 2.59. The van der Waals surface area contributed by atoms with E-state index < -0.39 is 0 Å². The molecule has 0 N–H and O–H groups in total. The zero-order valence-corrected chi connectivity index (χ0v) is 16.8. The first kappa shape index (κ1) is 17.8. The van der Waals surface area contributed by atoms with Gasteiger partial charge in [0.2, 0.25) is 0 Å². The summed E-state index contributed by atoms with van der Waals surface area (Å²) in [5, 5.41) is 0.733. The summed E-state index contributed by atoms with van der Waals surface area (Å²) < 4.78 is 0. The number of allylic oxidation sites excluding steroid dienone is 1. The second-order valence-corrected chi connectivity index (χ2v) is 11.2. The SMILES string of the molecule is C=C1C[C@@H]2[C@@H](CC[C@]3(C)C(=O)CC[C@@H]23)[C@@]2(C)CCC(SC(C)=O)CC12. The number of fused-ring (bicyclic) bond motifs is 5. The van der Waals surface area contributed by atoms with Crippen LogP contribution in [0.15, 0.2) is 12.2 Å². The molecular weight excluding hydrogens is 328 g/mol. The van der Waals surface area contributed by atoms with Crippen LogP contribution in [0, 0.1) is 34.5 Å². The minimum absolute atomic E-state index is 0.0493. The molecule has 0 aromatic heterocycles. The number of Topliss-reactive ketones (excluding diaryl/α,β-unsaturated/α-hetero) is 1. The molecule has 0 spiro atoms. The molecule has 0 bridgehead atoms. The molecule has 0 aromatic carbocycles. The van der Waals surface area contributed by atoms with Crippen molar-refractivity contribution in [2.24, 2.45) is 34.5 Å². The average molecular weight is 361 g/mol. The van der Waals surface area contributed by atoms with E-state index in [1.807, 2.05) is 0 Å². The Balaban J connectivity index is 1.60. The normalized spacial score (nSPS) is 49.3. The Morgan fingerprint density at radius 3 is 2.64 bits per heavy atom. The van der Waals surface area contributed by atoms with Crippen molar-refractivity contribution in [2.75, 3.05) is 0 Å². The van der Waals surface area contributed by atoms with E-state index in [9.17, 15) is 9.59 Å². The van der Waals surface area contributed by atoms with E-state index in [2.05, 4.69) is 20.4 Å². The summed E-state index contributed by atoms with van der Waals surface area (Å²) in [5.41, 5.74) is 1.70. The number of hydrogen-bond acceptors (Lipinski definition) is 3. The van der Waals surface area contributed by atoms with Gasteiger partial charge in [-0.15, -0.1) is 0 Å². The molecule has 7 atom stereocenters. The fraction of sp³-hybridized carbons (Fsp3) is 0.818. The van der Waals surface area contributed by atoms with Gasteiger partial charge in [0.05, 0.1) is 0 Å². The minimum atomic E-state index is -0.0493. The summed E-state index contributed by atoms with van der Waals surface area (Å²) in [5.74, 6) is 3.08. The molecule has 3 heteroatoms. The number of hydrogen-bond donors (Lipinski definition) is 0. The second-order valence-electron chi connectivity index (χ2n) is 9.72. The fourth-order valence-electron chi connectivity index (χ4n) is 7.32. The van der Waals surface area contributed by atoms with Crippen molar-refractivity contribution in [2.45, 2.75) is 77.4 Å². The molecule has 2 unspecified atom stereocenters. The van der Waals surface area contributed by atoms with Crippen molar-refractivity contribution in [3.63, 3.8) is 0 Å². The van der Waals surface area contributed by atoms with E-state index in [0.717, 1.165) is 44.4 Å². The molecule has 4 aliphatic rings. The molecule has 4 saturated carbocycles. The largest absolute Gasteiger partial charge is 0.299 e. The molecule has 4 fully saturated rings. The van der Waals surface area contributed by atoms with Crippen LogP contribution in [-0.2, 0) is 9.59 Å². The molecule has 2 nitrogen and oxygen atoms in total. The first-order chi connectivity index (χ1) is 11.8. The second kappa shape index (κ2) is 5.97. The molecule has 138 valence electrons. The van der Waals surface area contributed by atoms with E-state index in [0.29, 0.717) is 34.2 Å². The summed E-state index contributed by atoms with van der Waals surface area (Å²) in [6.45, 7) is 11.0. The Hall–Kier alpha value is -0.570. The fourth-order valence-corrected chi connectivity index (χ4v) is 8.32. The lowest BCUT2D eigenvalue weighted by atomic mass is 9.44. The number of carbonyl (C=O) groups excluding carboxylic acids is 2. The lowest BCUT2D eigenvalue weighted by Gasteiger charge is -2.60. The van der Waals surface area contributed by atoms with Crippen LogP contribution < -0.4 is 0 Å². The molecule has 4 aliphatic carbocycles. The molecule has 4 rings (SSSR count). The lowest BCUT2D eigenvalue weighted by molar-refractivity contribution is -0.135. The van der Waals surface area contributed by atoms with Crippen LogP contribution in [0.2, 0.25) is 0 Å². The van der Waals surface area contributed by atoms with Crippen LogP contribution >= 0.6 is 11.8 Å². The maximum atomic E-state index is 12.5. The molecule has 0 saturated heterocycles. The van der Waals surface area contributed by atoms with Gasteiger partial charge >= 0.3 is 0 Å². The Morgan fingerprint density at radius 2 is 1.92 bits per heavy atom. The van der Waals surface area contributed by atoms with Gasteiger partial charge in [0.1, 0.15) is 5.78 Å². The number of carbonyl (C=O) groups is 2. The van der Waals surface area contributed by atoms with Gasteiger partial charge in [-0.25, -0.2) is 0 Å². The Morgan fingerprint density at radius 1 is 1.16 bits per heavy atom. The van der Waals surface area contributed by atoms with Gasteiger partial charge < -0.3 is 0 Å². The van der Waals surface area contributed by atoms with Crippen LogP contribution in [-0.4, -0.2) is 16.1 Å². The maximum absolute atomic E-state index is 12.5. The van der Waals surface area contributed by atoms with E-state index in [-0.39, 0.29) is 10.5 Å². The number of ketones is 1. The van der Waals surface area contributed by atoms with Gasteiger partial charge in [-0.1, -0.05) is 37.8 Å². The topological polar surface area (TPSA) is 34.1 Å². The van der Waals surface area contributed by atoms with E-state index in [1.165, 1.54) is 18.4 Å². The minimum Gasteiger partial charge on any atom is -0.299 e. The van der Waals surface area contributed by atoms with Gasteiger partial charge in [-0.05, 0) is 74.0 Å². The van der Waals surface area contributed by atoms with Gasteiger partial charge in [0.25, 0.3) is 0 Å². The molecule has 0 amide bonds. The van der Waals surface area contributed by atoms with Crippen LogP contribution in [0.5, 0.6) is 0 Å². The molecule has 0 radical (unpaired) electrons. The Bertz CT molecular complexity index is 626. The van der Waals surface area contributed by atoms with Crippen molar-refractivity contribution in [3.8, 4) is 0 Å². The van der Waals surface area contributed by atoms with Crippen LogP contribution in [0.4, 0.5) is 0 Å². The molecular formula is C22H32O2S. The van der Waals surface area contributed by atoms with E-state index in [1.54, 1.807) is 18.7 Å². The van der Waals surface area contributed by atoms with Crippen molar-refractivity contribution in [1.82, 2.24) is 0 Å². The summed E-state index contributed by atoms with van der Waals surface area (Å²) in [4.78, 5) is 24.1. The third-order valence-electron chi connectivity index (χ3n) is 8.62. The number of thioether (sulfide) groups is 1. The predicted molar refractivity (Wildman–Crippen MR) is 103 cm³/mol. The molecule has 0 aromatic rings. The molecule has 0 aliphatic heterocycles. The maximum Gasteiger partial charge on any atom is 0.186 e. The van der Waals surface area contributed by atoms with Gasteiger partial charge in [-0.2, -0.15) is 0 Å². The monoisotopic (exact) mass is 360 g/mol. The average Bonchev–Trinajstić information content (AvgIpc) is 2.84. The zero-order chi connectivity index (χ0) is 18.0. The Kier molecular flexibility index (Phi) is 4.26. The van der Waals surface area contributed by atoms with Crippen molar-refractivity contribution in [1.29, 1.82) is 0 Å². The highest BCUT2D eigenvalue weighted by molar-refractivity contribution is 8.14.